The number of H-pyrrole nitrogens is 1. The lowest BCUT2D eigenvalue weighted by Crippen LogP contribution is -2.30. The Morgan fingerprint density at radius 2 is 1.94 bits per heavy atom. The number of para-hydroxylation sites is 1. The standard InChI is InChI=1S/C25H26N2O4/c1-5-10-27-21(18-13-26-19-9-7-6-8-16(18)19)20(23(29)25(27)30)22(28)17-12-14(2)11-15(3)24(17)31-4/h6-9,11-13,21,26,28H,5,10H2,1-4H3/b22-20+. The first-order valence-electron chi connectivity index (χ1n) is 10.4. The number of rotatable bonds is 5. The van der Waals surface area contributed by atoms with Gasteiger partial charge < -0.3 is 19.7 Å². The monoisotopic (exact) mass is 418 g/mol. The molecule has 1 fully saturated rings. The maximum absolute atomic E-state index is 13.2. The van der Waals surface area contributed by atoms with Crippen molar-refractivity contribution in [1.82, 2.24) is 9.88 Å². The maximum Gasteiger partial charge on any atom is 0.295 e. The number of nitrogens with zero attached hydrogens (tertiary/aromatic N) is 1. The number of aryl methyl sites for hydroxylation is 2. The highest BCUT2D eigenvalue weighted by molar-refractivity contribution is 6.46. The fourth-order valence-corrected chi connectivity index (χ4v) is 4.54. The summed E-state index contributed by atoms with van der Waals surface area (Å²) in [5, 5.41) is 12.3. The van der Waals surface area contributed by atoms with Gasteiger partial charge in [-0.25, -0.2) is 0 Å². The number of carbonyl (C=O) groups excluding carboxylic acids is 2. The third-order valence-electron chi connectivity index (χ3n) is 5.80. The zero-order valence-corrected chi connectivity index (χ0v) is 18.2. The summed E-state index contributed by atoms with van der Waals surface area (Å²) in [5.41, 5.74) is 3.96. The van der Waals surface area contributed by atoms with Crippen molar-refractivity contribution in [2.75, 3.05) is 13.7 Å². The van der Waals surface area contributed by atoms with Crippen LogP contribution in [0.4, 0.5) is 0 Å². The minimum Gasteiger partial charge on any atom is -0.507 e. The van der Waals surface area contributed by atoms with E-state index < -0.39 is 17.7 Å². The maximum atomic E-state index is 13.2. The van der Waals surface area contributed by atoms with Crippen LogP contribution in [0.5, 0.6) is 5.75 Å². The predicted molar refractivity (Wildman–Crippen MR) is 120 cm³/mol. The summed E-state index contributed by atoms with van der Waals surface area (Å²) in [6.07, 6.45) is 2.51. The number of aliphatic hydroxyl groups is 1. The average molecular weight is 418 g/mol. The first-order valence-corrected chi connectivity index (χ1v) is 10.4. The van der Waals surface area contributed by atoms with E-state index in [1.54, 1.807) is 11.0 Å². The molecular formula is C25H26N2O4. The van der Waals surface area contributed by atoms with E-state index in [1.165, 1.54) is 7.11 Å². The SMILES string of the molecule is CCCN1C(=O)C(=O)/C(=C(/O)c2cc(C)cc(C)c2OC)C1c1c[nH]c2ccccc12. The number of fused-ring (bicyclic) bond motifs is 1. The van der Waals surface area contributed by atoms with Gasteiger partial charge in [-0.2, -0.15) is 0 Å². The fourth-order valence-electron chi connectivity index (χ4n) is 4.54. The minimum absolute atomic E-state index is 0.0894. The van der Waals surface area contributed by atoms with Crippen LogP contribution in [0.15, 0.2) is 48.2 Å². The topological polar surface area (TPSA) is 82.6 Å². The predicted octanol–water partition coefficient (Wildman–Crippen LogP) is 4.63. The summed E-state index contributed by atoms with van der Waals surface area (Å²) in [5.74, 6) is -0.997. The number of nitrogens with one attached hydrogen (secondary N) is 1. The molecule has 0 saturated carbocycles. The quantitative estimate of drug-likeness (QED) is 0.360. The molecule has 1 amide bonds. The molecule has 2 N–H and O–H groups in total. The summed E-state index contributed by atoms with van der Waals surface area (Å²) < 4.78 is 5.53. The Bertz CT molecular complexity index is 1220. The third-order valence-corrected chi connectivity index (χ3v) is 5.80. The number of likely N-dealkylation sites (tertiary alicyclic amines) is 1. The van der Waals surface area contributed by atoms with Crippen molar-refractivity contribution >= 4 is 28.4 Å². The molecule has 31 heavy (non-hydrogen) atoms. The zero-order chi connectivity index (χ0) is 22.3. The van der Waals surface area contributed by atoms with E-state index in [-0.39, 0.29) is 11.3 Å². The molecule has 3 aromatic rings. The van der Waals surface area contributed by atoms with Gasteiger partial charge in [-0.15, -0.1) is 0 Å². The molecule has 2 aromatic carbocycles. The van der Waals surface area contributed by atoms with E-state index in [2.05, 4.69) is 4.98 Å². The van der Waals surface area contributed by atoms with Crippen LogP contribution in [0.25, 0.3) is 16.7 Å². The van der Waals surface area contributed by atoms with Crippen LogP contribution >= 0.6 is 0 Å². The van der Waals surface area contributed by atoms with Gasteiger partial charge in [-0.1, -0.05) is 31.2 Å². The number of Topliss-reactive ketones (excluding diaryl/α,β-unsaturated/α-hetero) is 1. The highest BCUT2D eigenvalue weighted by Gasteiger charge is 2.46. The molecule has 4 rings (SSSR count). The second-order valence-electron chi connectivity index (χ2n) is 7.94. The van der Waals surface area contributed by atoms with E-state index in [0.717, 1.165) is 27.6 Å². The van der Waals surface area contributed by atoms with Gasteiger partial charge in [-0.05, 0) is 43.5 Å². The lowest BCUT2D eigenvalue weighted by Gasteiger charge is -2.24. The van der Waals surface area contributed by atoms with Gasteiger partial charge in [0, 0.05) is 29.2 Å². The summed E-state index contributed by atoms with van der Waals surface area (Å²) in [6.45, 7) is 6.17. The van der Waals surface area contributed by atoms with E-state index in [9.17, 15) is 14.7 Å². The van der Waals surface area contributed by atoms with Gasteiger partial charge in [0.1, 0.15) is 11.5 Å². The molecule has 1 unspecified atom stereocenters. The number of aliphatic hydroxyl groups excluding tert-OH is 1. The van der Waals surface area contributed by atoms with Gasteiger partial charge >= 0.3 is 0 Å². The third kappa shape index (κ3) is 3.28. The summed E-state index contributed by atoms with van der Waals surface area (Å²) >= 11 is 0. The second kappa shape index (κ2) is 7.95. The van der Waals surface area contributed by atoms with E-state index >= 15 is 0 Å². The van der Waals surface area contributed by atoms with E-state index in [0.29, 0.717) is 24.3 Å². The molecule has 160 valence electrons. The first-order chi connectivity index (χ1) is 14.9. The van der Waals surface area contributed by atoms with E-state index in [4.69, 9.17) is 4.74 Å². The molecule has 1 aliphatic rings. The molecule has 2 heterocycles. The molecular weight excluding hydrogens is 392 g/mol. The van der Waals surface area contributed by atoms with Crippen molar-refractivity contribution in [1.29, 1.82) is 0 Å². The zero-order valence-electron chi connectivity index (χ0n) is 18.2. The van der Waals surface area contributed by atoms with Crippen LogP contribution in [0, 0.1) is 13.8 Å². The minimum atomic E-state index is -0.679. The summed E-state index contributed by atoms with van der Waals surface area (Å²) in [4.78, 5) is 30.9. The molecule has 1 aliphatic heterocycles. The largest absolute Gasteiger partial charge is 0.507 e. The van der Waals surface area contributed by atoms with Gasteiger partial charge in [0.2, 0.25) is 0 Å². The Labute approximate surface area is 181 Å². The molecule has 1 atom stereocenters. The Morgan fingerprint density at radius 1 is 1.19 bits per heavy atom. The number of hydrogen-bond donors (Lipinski definition) is 2. The van der Waals surface area contributed by atoms with Gasteiger partial charge in [0.25, 0.3) is 11.7 Å². The highest BCUT2D eigenvalue weighted by atomic mass is 16.5. The molecule has 1 saturated heterocycles. The highest BCUT2D eigenvalue weighted by Crippen LogP contribution is 2.43. The van der Waals surface area contributed by atoms with Crippen molar-refractivity contribution in [2.24, 2.45) is 0 Å². The lowest BCUT2D eigenvalue weighted by molar-refractivity contribution is -0.139. The molecule has 6 nitrogen and oxygen atoms in total. The van der Waals surface area contributed by atoms with Crippen LogP contribution in [0.1, 0.15) is 41.6 Å². The summed E-state index contributed by atoms with van der Waals surface area (Å²) in [6, 6.07) is 10.8. The van der Waals surface area contributed by atoms with Crippen molar-refractivity contribution in [3.8, 4) is 5.75 Å². The smallest absolute Gasteiger partial charge is 0.295 e. The second-order valence-corrected chi connectivity index (χ2v) is 7.94. The Balaban J connectivity index is 2.01. The van der Waals surface area contributed by atoms with Crippen LogP contribution in [0.3, 0.4) is 0 Å². The average Bonchev–Trinajstić information content (AvgIpc) is 3.27. The van der Waals surface area contributed by atoms with Crippen LogP contribution in [-0.2, 0) is 9.59 Å². The Hall–Kier alpha value is -3.54. The van der Waals surface area contributed by atoms with Crippen molar-refractivity contribution in [3.63, 3.8) is 0 Å². The number of ether oxygens (including phenoxy) is 1. The number of hydrogen-bond acceptors (Lipinski definition) is 4. The van der Waals surface area contributed by atoms with Crippen LogP contribution in [0.2, 0.25) is 0 Å². The normalized spacial score (nSPS) is 18.2. The molecule has 0 bridgehead atoms. The van der Waals surface area contributed by atoms with Gasteiger partial charge in [0.15, 0.2) is 0 Å². The Morgan fingerprint density at radius 3 is 2.65 bits per heavy atom. The van der Waals surface area contributed by atoms with Gasteiger partial charge in [0.05, 0.1) is 24.3 Å². The molecule has 6 heteroatoms. The lowest BCUT2D eigenvalue weighted by atomic mass is 9.93. The Kier molecular flexibility index (Phi) is 5.31. The van der Waals surface area contributed by atoms with Crippen molar-refractivity contribution < 1.29 is 19.4 Å². The number of methoxy groups -OCH3 is 1. The number of benzene rings is 2. The fraction of sp³-hybridized carbons (Fsp3) is 0.280. The molecule has 0 spiro atoms. The van der Waals surface area contributed by atoms with Crippen LogP contribution < -0.4 is 4.74 Å². The van der Waals surface area contributed by atoms with E-state index in [1.807, 2.05) is 57.3 Å². The van der Waals surface area contributed by atoms with Crippen molar-refractivity contribution in [3.05, 3.63) is 70.4 Å². The van der Waals surface area contributed by atoms with Gasteiger partial charge in [-0.3, -0.25) is 9.59 Å². The summed E-state index contributed by atoms with van der Waals surface area (Å²) in [7, 11) is 1.53. The van der Waals surface area contributed by atoms with Crippen LogP contribution in [-0.4, -0.2) is 40.3 Å². The number of amides is 1. The molecule has 0 radical (unpaired) electrons. The number of aromatic amines is 1. The first kappa shape index (κ1) is 20.7. The number of carbonyl (C=O) groups is 2. The molecule has 0 aliphatic carbocycles. The number of aromatic nitrogens is 1. The van der Waals surface area contributed by atoms with Crippen molar-refractivity contribution in [2.45, 2.75) is 33.2 Å². The molecule has 1 aromatic heterocycles. The number of ketones is 1.